The predicted molar refractivity (Wildman–Crippen MR) is 77.9 cm³/mol. The van der Waals surface area contributed by atoms with Gasteiger partial charge in [-0.3, -0.25) is 4.79 Å². The van der Waals surface area contributed by atoms with Crippen LogP contribution in [0.1, 0.15) is 0 Å². The van der Waals surface area contributed by atoms with Crippen molar-refractivity contribution in [2.75, 3.05) is 58.0 Å². The van der Waals surface area contributed by atoms with E-state index in [1.54, 1.807) is 7.11 Å². The Hall–Kier alpha value is -1.59. The van der Waals surface area contributed by atoms with Gasteiger partial charge in [-0.1, -0.05) is 18.2 Å². The SMILES string of the molecule is COCCOCC(=O)N1CCN(c2ccccc2)CC1. The summed E-state index contributed by atoms with van der Waals surface area (Å²) >= 11 is 0. The zero-order valence-corrected chi connectivity index (χ0v) is 12.0. The molecule has 0 aliphatic carbocycles. The van der Waals surface area contributed by atoms with Crippen molar-refractivity contribution >= 4 is 11.6 Å². The highest BCUT2D eigenvalue weighted by molar-refractivity contribution is 5.77. The van der Waals surface area contributed by atoms with Gasteiger partial charge in [-0.05, 0) is 12.1 Å². The second-order valence-corrected chi connectivity index (χ2v) is 4.75. The maximum atomic E-state index is 11.9. The number of carbonyl (C=O) groups excluding carboxylic acids is 1. The Kier molecular flexibility index (Phi) is 5.83. The van der Waals surface area contributed by atoms with E-state index in [-0.39, 0.29) is 12.5 Å². The lowest BCUT2D eigenvalue weighted by molar-refractivity contribution is -0.136. The number of amides is 1. The molecule has 20 heavy (non-hydrogen) atoms. The number of piperazine rings is 1. The molecule has 0 spiro atoms. The maximum Gasteiger partial charge on any atom is 0.248 e. The molecule has 1 aliphatic rings. The molecule has 0 unspecified atom stereocenters. The number of carbonyl (C=O) groups is 1. The van der Waals surface area contributed by atoms with Crippen LogP contribution in [-0.2, 0) is 14.3 Å². The number of anilines is 1. The Morgan fingerprint density at radius 2 is 1.80 bits per heavy atom. The number of ether oxygens (including phenoxy) is 2. The Balaban J connectivity index is 1.72. The number of hydrogen-bond acceptors (Lipinski definition) is 4. The molecule has 1 amide bonds. The van der Waals surface area contributed by atoms with Gasteiger partial charge in [-0.15, -0.1) is 0 Å². The number of hydrogen-bond donors (Lipinski definition) is 0. The van der Waals surface area contributed by atoms with E-state index in [1.165, 1.54) is 5.69 Å². The molecule has 1 saturated heterocycles. The second kappa shape index (κ2) is 7.87. The summed E-state index contributed by atoms with van der Waals surface area (Å²) in [5.74, 6) is 0.0637. The van der Waals surface area contributed by atoms with E-state index in [4.69, 9.17) is 9.47 Å². The summed E-state index contributed by atoms with van der Waals surface area (Å²) in [5.41, 5.74) is 1.22. The lowest BCUT2D eigenvalue weighted by Gasteiger charge is -2.36. The molecular formula is C15H22N2O3. The molecular weight excluding hydrogens is 256 g/mol. The van der Waals surface area contributed by atoms with Gasteiger partial charge in [0, 0.05) is 39.0 Å². The molecule has 0 saturated carbocycles. The summed E-state index contributed by atoms with van der Waals surface area (Å²) in [6.45, 7) is 4.38. The van der Waals surface area contributed by atoms with Crippen LogP contribution in [0, 0.1) is 0 Å². The van der Waals surface area contributed by atoms with Gasteiger partial charge in [0.15, 0.2) is 0 Å². The van der Waals surface area contributed by atoms with E-state index in [0.29, 0.717) is 13.2 Å². The standard InChI is InChI=1S/C15H22N2O3/c1-19-11-12-20-13-15(18)17-9-7-16(8-10-17)14-5-3-2-4-6-14/h2-6H,7-13H2,1H3. The summed E-state index contributed by atoms with van der Waals surface area (Å²) < 4.78 is 10.1. The lowest BCUT2D eigenvalue weighted by Crippen LogP contribution is -2.49. The first-order valence-electron chi connectivity index (χ1n) is 6.95. The zero-order chi connectivity index (χ0) is 14.2. The van der Waals surface area contributed by atoms with Crippen molar-refractivity contribution in [1.29, 1.82) is 0 Å². The summed E-state index contributed by atoms with van der Waals surface area (Å²) in [6.07, 6.45) is 0. The van der Waals surface area contributed by atoms with Crippen LogP contribution < -0.4 is 4.90 Å². The number of rotatable bonds is 6. The highest BCUT2D eigenvalue weighted by atomic mass is 16.5. The first kappa shape index (κ1) is 14.8. The molecule has 110 valence electrons. The second-order valence-electron chi connectivity index (χ2n) is 4.75. The summed E-state index contributed by atoms with van der Waals surface area (Å²) in [4.78, 5) is 16.1. The van der Waals surface area contributed by atoms with Crippen LogP contribution in [0.2, 0.25) is 0 Å². The fraction of sp³-hybridized carbons (Fsp3) is 0.533. The minimum atomic E-state index is 0.0637. The van der Waals surface area contributed by atoms with E-state index >= 15 is 0 Å². The molecule has 1 aromatic carbocycles. The van der Waals surface area contributed by atoms with Crippen LogP contribution in [0.3, 0.4) is 0 Å². The van der Waals surface area contributed by atoms with Gasteiger partial charge in [0.1, 0.15) is 6.61 Å². The van der Waals surface area contributed by atoms with Crippen LogP contribution >= 0.6 is 0 Å². The van der Waals surface area contributed by atoms with Crippen LogP contribution in [0.5, 0.6) is 0 Å². The van der Waals surface area contributed by atoms with Gasteiger partial charge in [-0.25, -0.2) is 0 Å². The highest BCUT2D eigenvalue weighted by Gasteiger charge is 2.20. The van der Waals surface area contributed by atoms with Gasteiger partial charge in [0.25, 0.3) is 0 Å². The third kappa shape index (κ3) is 4.21. The first-order valence-corrected chi connectivity index (χ1v) is 6.95. The third-order valence-corrected chi connectivity index (χ3v) is 3.41. The average Bonchev–Trinajstić information content (AvgIpc) is 2.52. The van der Waals surface area contributed by atoms with Crippen molar-refractivity contribution in [3.63, 3.8) is 0 Å². The van der Waals surface area contributed by atoms with Gasteiger partial charge >= 0.3 is 0 Å². The molecule has 0 bridgehead atoms. The molecule has 0 atom stereocenters. The van der Waals surface area contributed by atoms with E-state index < -0.39 is 0 Å². The van der Waals surface area contributed by atoms with Crippen molar-refractivity contribution in [3.8, 4) is 0 Å². The Morgan fingerprint density at radius 3 is 2.45 bits per heavy atom. The van der Waals surface area contributed by atoms with Crippen molar-refractivity contribution in [2.45, 2.75) is 0 Å². The molecule has 5 nitrogen and oxygen atoms in total. The predicted octanol–water partition coefficient (Wildman–Crippen LogP) is 0.998. The fourth-order valence-corrected chi connectivity index (χ4v) is 2.25. The van der Waals surface area contributed by atoms with Gasteiger partial charge < -0.3 is 19.3 Å². The first-order chi connectivity index (χ1) is 9.81. The number of methoxy groups -OCH3 is 1. The average molecular weight is 278 g/mol. The molecule has 1 heterocycles. The topological polar surface area (TPSA) is 42.0 Å². The number of para-hydroxylation sites is 1. The van der Waals surface area contributed by atoms with Gasteiger partial charge in [0.2, 0.25) is 5.91 Å². The van der Waals surface area contributed by atoms with Crippen molar-refractivity contribution in [1.82, 2.24) is 4.90 Å². The molecule has 1 aromatic rings. The third-order valence-electron chi connectivity index (χ3n) is 3.41. The van der Waals surface area contributed by atoms with E-state index in [9.17, 15) is 4.79 Å². The highest BCUT2D eigenvalue weighted by Crippen LogP contribution is 2.15. The molecule has 5 heteroatoms. The summed E-state index contributed by atoms with van der Waals surface area (Å²) in [7, 11) is 1.62. The largest absolute Gasteiger partial charge is 0.382 e. The van der Waals surface area contributed by atoms with E-state index in [0.717, 1.165) is 26.2 Å². The summed E-state index contributed by atoms with van der Waals surface area (Å²) in [6, 6.07) is 10.3. The Morgan fingerprint density at radius 1 is 1.10 bits per heavy atom. The van der Waals surface area contributed by atoms with Crippen molar-refractivity contribution in [3.05, 3.63) is 30.3 Å². The van der Waals surface area contributed by atoms with Crippen LogP contribution in [-0.4, -0.2) is 63.9 Å². The van der Waals surface area contributed by atoms with Gasteiger partial charge in [-0.2, -0.15) is 0 Å². The minimum absolute atomic E-state index is 0.0637. The monoisotopic (exact) mass is 278 g/mol. The molecule has 1 aliphatic heterocycles. The normalized spacial score (nSPS) is 15.4. The Labute approximate surface area is 120 Å². The number of benzene rings is 1. The molecule has 0 aromatic heterocycles. The smallest absolute Gasteiger partial charge is 0.248 e. The quantitative estimate of drug-likeness (QED) is 0.728. The maximum absolute atomic E-state index is 11.9. The molecule has 0 N–H and O–H groups in total. The molecule has 0 radical (unpaired) electrons. The van der Waals surface area contributed by atoms with E-state index in [1.807, 2.05) is 23.1 Å². The summed E-state index contributed by atoms with van der Waals surface area (Å²) in [5, 5.41) is 0. The zero-order valence-electron chi connectivity index (χ0n) is 12.0. The Bertz CT molecular complexity index is 403. The molecule has 1 fully saturated rings. The van der Waals surface area contributed by atoms with Crippen LogP contribution in [0.25, 0.3) is 0 Å². The number of nitrogens with zero attached hydrogens (tertiary/aromatic N) is 2. The minimum Gasteiger partial charge on any atom is -0.382 e. The van der Waals surface area contributed by atoms with E-state index in [2.05, 4.69) is 17.0 Å². The van der Waals surface area contributed by atoms with Gasteiger partial charge in [0.05, 0.1) is 13.2 Å². The van der Waals surface area contributed by atoms with Crippen molar-refractivity contribution < 1.29 is 14.3 Å². The lowest BCUT2D eigenvalue weighted by atomic mass is 10.2. The van der Waals surface area contributed by atoms with Crippen LogP contribution in [0.15, 0.2) is 30.3 Å². The van der Waals surface area contributed by atoms with Crippen molar-refractivity contribution in [2.24, 2.45) is 0 Å². The van der Waals surface area contributed by atoms with Crippen LogP contribution in [0.4, 0.5) is 5.69 Å². The fourth-order valence-electron chi connectivity index (χ4n) is 2.25. The molecule has 2 rings (SSSR count).